The molecular weight excluding hydrogens is 418 g/mol. The summed E-state index contributed by atoms with van der Waals surface area (Å²) in [5.41, 5.74) is 2.99. The lowest BCUT2D eigenvalue weighted by atomic mass is 9.76. The highest BCUT2D eigenvalue weighted by Crippen LogP contribution is 2.34. The monoisotopic (exact) mass is 453 g/mol. The summed E-state index contributed by atoms with van der Waals surface area (Å²) in [5.74, 6) is 1.31. The molecule has 1 aliphatic carbocycles. The van der Waals surface area contributed by atoms with E-state index in [-0.39, 0.29) is 24.1 Å². The van der Waals surface area contributed by atoms with E-state index in [1.807, 2.05) is 6.07 Å². The van der Waals surface area contributed by atoms with Gasteiger partial charge in [-0.2, -0.15) is 0 Å². The van der Waals surface area contributed by atoms with Crippen LogP contribution in [0.4, 0.5) is 0 Å². The van der Waals surface area contributed by atoms with Crippen LogP contribution in [-0.2, 0) is 27.3 Å². The van der Waals surface area contributed by atoms with Crippen LogP contribution >= 0.6 is 0 Å². The summed E-state index contributed by atoms with van der Waals surface area (Å²) in [5, 5.41) is 6.09. The molecule has 178 valence electrons. The number of piperidine rings is 1. The van der Waals surface area contributed by atoms with Crippen molar-refractivity contribution in [2.45, 2.75) is 64.0 Å². The van der Waals surface area contributed by atoms with Gasteiger partial charge in [0.1, 0.15) is 6.04 Å². The predicted octanol–water partition coefficient (Wildman–Crippen LogP) is 2.42. The Morgan fingerprint density at radius 2 is 1.88 bits per heavy atom. The van der Waals surface area contributed by atoms with Gasteiger partial charge in [0.15, 0.2) is 0 Å². The van der Waals surface area contributed by atoms with E-state index in [1.54, 1.807) is 4.90 Å². The van der Waals surface area contributed by atoms with Crippen molar-refractivity contribution in [2.24, 2.45) is 17.8 Å². The smallest absolute Gasteiger partial charge is 0.255 e. The maximum Gasteiger partial charge on any atom is 0.255 e. The quantitative estimate of drug-likeness (QED) is 0.619. The lowest BCUT2D eigenvalue weighted by Crippen LogP contribution is -2.52. The summed E-state index contributed by atoms with van der Waals surface area (Å²) < 4.78 is 5.50. The van der Waals surface area contributed by atoms with Crippen molar-refractivity contribution in [3.63, 3.8) is 0 Å². The van der Waals surface area contributed by atoms with Crippen molar-refractivity contribution in [2.75, 3.05) is 26.3 Å². The molecule has 0 bridgehead atoms. The van der Waals surface area contributed by atoms with Gasteiger partial charge in [-0.1, -0.05) is 25.0 Å². The summed E-state index contributed by atoms with van der Waals surface area (Å²) in [6.45, 7) is 4.38. The van der Waals surface area contributed by atoms with Crippen LogP contribution in [0.15, 0.2) is 18.2 Å². The second-order valence-electron chi connectivity index (χ2n) is 10.3. The van der Waals surface area contributed by atoms with Crippen molar-refractivity contribution < 1.29 is 19.1 Å². The van der Waals surface area contributed by atoms with Crippen LogP contribution in [0.3, 0.4) is 0 Å². The fourth-order valence-corrected chi connectivity index (χ4v) is 6.10. The van der Waals surface area contributed by atoms with Gasteiger partial charge in [0.25, 0.3) is 5.91 Å². The third-order valence-electron chi connectivity index (χ3n) is 8.02. The van der Waals surface area contributed by atoms with E-state index in [2.05, 4.69) is 22.8 Å². The number of carbonyl (C=O) groups excluding carboxylic acids is 3. The fourth-order valence-electron chi connectivity index (χ4n) is 6.10. The Bertz CT molecular complexity index is 911. The Kier molecular flexibility index (Phi) is 6.79. The first-order chi connectivity index (χ1) is 16.1. The second-order valence-corrected chi connectivity index (χ2v) is 10.3. The lowest BCUT2D eigenvalue weighted by molar-refractivity contribution is -0.136. The molecule has 7 heteroatoms. The third-order valence-corrected chi connectivity index (χ3v) is 8.02. The Morgan fingerprint density at radius 1 is 1.03 bits per heavy atom. The number of ether oxygens (including phenoxy) is 1. The van der Waals surface area contributed by atoms with Gasteiger partial charge < -0.3 is 15.0 Å². The minimum absolute atomic E-state index is 0.0957. The molecule has 1 aromatic rings. The Hall–Kier alpha value is -2.25. The summed E-state index contributed by atoms with van der Waals surface area (Å²) in [6.07, 6.45) is 8.05. The average molecular weight is 454 g/mol. The number of carbonyl (C=O) groups is 3. The number of benzene rings is 1. The normalized spacial score (nSPS) is 29.9. The van der Waals surface area contributed by atoms with E-state index < -0.39 is 6.04 Å². The first-order valence-corrected chi connectivity index (χ1v) is 12.6. The van der Waals surface area contributed by atoms with Crippen molar-refractivity contribution in [1.29, 1.82) is 0 Å². The molecule has 0 aromatic heterocycles. The van der Waals surface area contributed by atoms with E-state index in [9.17, 15) is 14.4 Å². The van der Waals surface area contributed by atoms with Crippen molar-refractivity contribution >= 4 is 17.7 Å². The third kappa shape index (κ3) is 4.99. The molecule has 0 spiro atoms. The van der Waals surface area contributed by atoms with Crippen molar-refractivity contribution in [3.8, 4) is 0 Å². The zero-order valence-electron chi connectivity index (χ0n) is 19.3. The zero-order valence-corrected chi connectivity index (χ0v) is 19.3. The second kappa shape index (κ2) is 9.94. The molecule has 33 heavy (non-hydrogen) atoms. The van der Waals surface area contributed by atoms with E-state index in [1.165, 1.54) is 37.7 Å². The highest BCUT2D eigenvalue weighted by atomic mass is 16.5. The number of nitrogens with zero attached hydrogens (tertiary/aromatic N) is 1. The van der Waals surface area contributed by atoms with Gasteiger partial charge in [0.2, 0.25) is 11.8 Å². The Balaban J connectivity index is 1.21. The van der Waals surface area contributed by atoms with Crippen molar-refractivity contribution in [1.82, 2.24) is 15.5 Å². The molecule has 1 aromatic carbocycles. The van der Waals surface area contributed by atoms with E-state index >= 15 is 0 Å². The number of nitrogens with one attached hydrogen (secondary N) is 2. The maximum absolute atomic E-state index is 12.9. The van der Waals surface area contributed by atoms with Crippen LogP contribution in [-0.4, -0.2) is 55.0 Å². The molecule has 5 rings (SSSR count). The van der Waals surface area contributed by atoms with Gasteiger partial charge >= 0.3 is 0 Å². The van der Waals surface area contributed by atoms with Crippen molar-refractivity contribution in [3.05, 3.63) is 34.9 Å². The molecule has 0 radical (unpaired) electrons. The van der Waals surface area contributed by atoms with Gasteiger partial charge in [0.05, 0.1) is 6.61 Å². The summed E-state index contributed by atoms with van der Waals surface area (Å²) in [4.78, 5) is 38.3. The number of hydrogen-bond donors (Lipinski definition) is 2. The predicted molar refractivity (Wildman–Crippen MR) is 123 cm³/mol. The summed E-state index contributed by atoms with van der Waals surface area (Å²) in [6, 6.07) is 5.66. The molecule has 3 fully saturated rings. The van der Waals surface area contributed by atoms with E-state index in [0.29, 0.717) is 36.3 Å². The molecule has 2 N–H and O–H groups in total. The molecule has 3 amide bonds. The molecule has 4 aliphatic rings. The van der Waals surface area contributed by atoms with E-state index in [4.69, 9.17) is 4.74 Å². The number of rotatable bonds is 7. The number of amides is 3. The minimum Gasteiger partial charge on any atom is -0.381 e. The number of hydrogen-bond acceptors (Lipinski definition) is 5. The van der Waals surface area contributed by atoms with Gasteiger partial charge in [-0.25, -0.2) is 0 Å². The molecule has 3 aliphatic heterocycles. The highest BCUT2D eigenvalue weighted by Gasteiger charge is 2.39. The Morgan fingerprint density at radius 3 is 2.67 bits per heavy atom. The molecule has 4 atom stereocenters. The van der Waals surface area contributed by atoms with Crippen LogP contribution in [0, 0.1) is 17.8 Å². The average Bonchev–Trinajstić information content (AvgIpc) is 3.43. The molecular formula is C26H35N3O4. The zero-order chi connectivity index (χ0) is 22.8. The van der Waals surface area contributed by atoms with Gasteiger partial charge in [-0.3, -0.25) is 19.7 Å². The van der Waals surface area contributed by atoms with Crippen LogP contribution in [0.1, 0.15) is 66.4 Å². The standard InChI is InChI=1S/C26H35N3O4/c30-24-8-7-23(25(31)28-24)29-15-21-12-17(5-6-22(21)26(29)32)11-19-3-1-2-4-20(19)14-27-13-18-9-10-33-16-18/h5-6,12,18-20,23,27H,1-4,7-11,13-16H2,(H,28,30,31)/t18?,19-,20-,23?/m1/s1. The fraction of sp³-hybridized carbons (Fsp3) is 0.654. The van der Waals surface area contributed by atoms with Gasteiger partial charge in [0, 0.05) is 31.7 Å². The molecule has 3 heterocycles. The largest absolute Gasteiger partial charge is 0.381 e. The highest BCUT2D eigenvalue weighted by molar-refractivity contribution is 6.05. The summed E-state index contributed by atoms with van der Waals surface area (Å²) >= 11 is 0. The van der Waals surface area contributed by atoms with Gasteiger partial charge in [-0.05, 0) is 73.6 Å². The van der Waals surface area contributed by atoms with Crippen LogP contribution in [0.5, 0.6) is 0 Å². The van der Waals surface area contributed by atoms with Crippen LogP contribution in [0.25, 0.3) is 0 Å². The van der Waals surface area contributed by atoms with E-state index in [0.717, 1.165) is 38.3 Å². The van der Waals surface area contributed by atoms with Gasteiger partial charge in [-0.15, -0.1) is 0 Å². The summed E-state index contributed by atoms with van der Waals surface area (Å²) in [7, 11) is 0. The first-order valence-electron chi connectivity index (χ1n) is 12.6. The molecule has 2 unspecified atom stereocenters. The molecule has 7 nitrogen and oxygen atoms in total. The number of imide groups is 1. The number of fused-ring (bicyclic) bond motifs is 1. The minimum atomic E-state index is -0.551. The SMILES string of the molecule is O=C1CCC(N2Cc3cc(C[C@H]4CCCC[C@@H]4CNCC4CCOC4)ccc3C2=O)C(=O)N1. The first kappa shape index (κ1) is 22.5. The van der Waals surface area contributed by atoms with Crippen LogP contribution in [0.2, 0.25) is 0 Å². The molecule has 1 saturated carbocycles. The Labute approximate surface area is 195 Å². The lowest BCUT2D eigenvalue weighted by Gasteiger charge is -2.32. The maximum atomic E-state index is 12.9. The van der Waals surface area contributed by atoms with Crippen LogP contribution < -0.4 is 10.6 Å². The topological polar surface area (TPSA) is 87.7 Å². The molecule has 2 saturated heterocycles.